The number of rotatable bonds is 6. The van der Waals surface area contributed by atoms with E-state index in [4.69, 9.17) is 4.74 Å². The molecule has 5 nitrogen and oxygen atoms in total. The molecule has 2 rings (SSSR count). The van der Waals surface area contributed by atoms with Gasteiger partial charge < -0.3 is 20.1 Å². The molecule has 0 radical (unpaired) electrons. The van der Waals surface area contributed by atoms with Crippen molar-refractivity contribution in [3.05, 3.63) is 29.8 Å². The summed E-state index contributed by atoms with van der Waals surface area (Å²) in [6, 6.07) is 7.67. The Labute approximate surface area is 125 Å². The Bertz CT molecular complexity index is 484. The summed E-state index contributed by atoms with van der Waals surface area (Å²) in [5, 5.41) is 12.5. The Balaban J connectivity index is 2.17. The summed E-state index contributed by atoms with van der Waals surface area (Å²) < 4.78 is 5.34. The van der Waals surface area contributed by atoms with Crippen LogP contribution in [0.25, 0.3) is 0 Å². The molecule has 5 heteroatoms. The van der Waals surface area contributed by atoms with Gasteiger partial charge in [-0.05, 0) is 26.0 Å². The number of hydrogen-bond acceptors (Lipinski definition) is 4. The maximum Gasteiger partial charge on any atom is 0.230 e. The first-order chi connectivity index (χ1) is 10.1. The molecule has 1 saturated heterocycles. The molecule has 0 aromatic heterocycles. The monoisotopic (exact) mass is 292 g/mol. The second kappa shape index (κ2) is 6.91. The van der Waals surface area contributed by atoms with Crippen LogP contribution in [0.3, 0.4) is 0 Å². The van der Waals surface area contributed by atoms with Crippen LogP contribution in [0.1, 0.15) is 18.9 Å². The van der Waals surface area contributed by atoms with Crippen molar-refractivity contribution in [2.45, 2.75) is 19.9 Å². The molecule has 0 bridgehead atoms. The molecule has 1 fully saturated rings. The van der Waals surface area contributed by atoms with Crippen molar-refractivity contribution in [1.29, 1.82) is 0 Å². The molecule has 116 valence electrons. The quantitative estimate of drug-likeness (QED) is 0.821. The van der Waals surface area contributed by atoms with Gasteiger partial charge in [0.2, 0.25) is 5.91 Å². The van der Waals surface area contributed by atoms with Crippen LogP contribution < -0.4 is 10.1 Å². The Morgan fingerprint density at radius 2 is 2.24 bits per heavy atom. The molecule has 1 aliphatic rings. The van der Waals surface area contributed by atoms with Gasteiger partial charge in [0.25, 0.3) is 0 Å². The molecule has 0 spiro atoms. The Morgan fingerprint density at radius 1 is 1.48 bits per heavy atom. The van der Waals surface area contributed by atoms with Gasteiger partial charge in [-0.25, -0.2) is 0 Å². The van der Waals surface area contributed by atoms with Crippen LogP contribution >= 0.6 is 0 Å². The van der Waals surface area contributed by atoms with E-state index in [1.54, 1.807) is 12.0 Å². The molecule has 1 heterocycles. The van der Waals surface area contributed by atoms with E-state index in [1.807, 2.05) is 31.2 Å². The minimum Gasteiger partial charge on any atom is -0.496 e. The molecule has 1 aromatic rings. The fourth-order valence-corrected chi connectivity index (χ4v) is 2.79. The highest BCUT2D eigenvalue weighted by atomic mass is 16.5. The summed E-state index contributed by atoms with van der Waals surface area (Å²) >= 11 is 0. The van der Waals surface area contributed by atoms with Gasteiger partial charge in [-0.15, -0.1) is 0 Å². The maximum absolute atomic E-state index is 12.8. The lowest BCUT2D eigenvalue weighted by Crippen LogP contribution is -2.44. The number of nitrogens with one attached hydrogen (secondary N) is 1. The van der Waals surface area contributed by atoms with Gasteiger partial charge >= 0.3 is 0 Å². The molecular formula is C16H24N2O3. The molecule has 2 N–H and O–H groups in total. The standard InChI is InChI=1S/C16H24N2O3/c1-16(7-8-17-12-16)15(20)18(9-10-19)11-13-5-3-4-6-14(13)21-2/h3-6,17,19H,7-12H2,1-2H3. The van der Waals surface area contributed by atoms with Crippen LogP contribution in [-0.2, 0) is 11.3 Å². The van der Waals surface area contributed by atoms with Crippen LogP contribution in [0.5, 0.6) is 5.75 Å². The molecule has 0 aliphatic carbocycles. The first kappa shape index (κ1) is 15.8. The fraction of sp³-hybridized carbons (Fsp3) is 0.562. The average molecular weight is 292 g/mol. The summed E-state index contributed by atoms with van der Waals surface area (Å²) in [4.78, 5) is 14.5. The van der Waals surface area contributed by atoms with Crippen molar-refractivity contribution < 1.29 is 14.6 Å². The van der Waals surface area contributed by atoms with Crippen molar-refractivity contribution in [2.75, 3.05) is 33.4 Å². The van der Waals surface area contributed by atoms with Crippen LogP contribution in [-0.4, -0.2) is 49.3 Å². The van der Waals surface area contributed by atoms with E-state index in [2.05, 4.69) is 5.32 Å². The minimum atomic E-state index is -0.378. The largest absolute Gasteiger partial charge is 0.496 e. The molecule has 21 heavy (non-hydrogen) atoms. The summed E-state index contributed by atoms with van der Waals surface area (Å²) in [6.45, 7) is 4.31. The number of nitrogens with zero attached hydrogens (tertiary/aromatic N) is 1. The van der Waals surface area contributed by atoms with Gasteiger partial charge in [0.05, 0.1) is 19.1 Å². The third-order valence-corrected chi connectivity index (χ3v) is 4.10. The van der Waals surface area contributed by atoms with Gasteiger partial charge in [-0.3, -0.25) is 4.79 Å². The van der Waals surface area contributed by atoms with Crippen LogP contribution in [0.4, 0.5) is 0 Å². The third kappa shape index (κ3) is 3.54. The average Bonchev–Trinajstić information content (AvgIpc) is 2.94. The first-order valence-corrected chi connectivity index (χ1v) is 7.33. The lowest BCUT2D eigenvalue weighted by Gasteiger charge is -2.31. The summed E-state index contributed by atoms with van der Waals surface area (Å²) in [5.41, 5.74) is 0.577. The van der Waals surface area contributed by atoms with E-state index in [0.29, 0.717) is 19.6 Å². The van der Waals surface area contributed by atoms with Gasteiger partial charge in [-0.2, -0.15) is 0 Å². The van der Waals surface area contributed by atoms with E-state index < -0.39 is 0 Å². The molecular weight excluding hydrogens is 268 g/mol. The molecule has 1 aromatic carbocycles. The number of amides is 1. The Hall–Kier alpha value is -1.59. The molecule has 1 aliphatic heterocycles. The second-order valence-electron chi connectivity index (χ2n) is 5.75. The predicted molar refractivity (Wildman–Crippen MR) is 81.1 cm³/mol. The highest BCUT2D eigenvalue weighted by Crippen LogP contribution is 2.29. The van der Waals surface area contributed by atoms with Crippen molar-refractivity contribution in [3.63, 3.8) is 0 Å². The van der Waals surface area contributed by atoms with E-state index >= 15 is 0 Å². The lowest BCUT2D eigenvalue weighted by molar-refractivity contribution is -0.141. The number of benzene rings is 1. The van der Waals surface area contributed by atoms with Gasteiger partial charge in [0.1, 0.15) is 5.75 Å². The number of hydrogen-bond donors (Lipinski definition) is 2. The predicted octanol–water partition coefficient (Wildman–Crippen LogP) is 1.02. The number of carbonyl (C=O) groups is 1. The van der Waals surface area contributed by atoms with Crippen molar-refractivity contribution >= 4 is 5.91 Å². The number of aliphatic hydroxyl groups excluding tert-OH is 1. The SMILES string of the molecule is COc1ccccc1CN(CCO)C(=O)C1(C)CCNC1. The zero-order chi connectivity index (χ0) is 15.3. The Kier molecular flexibility index (Phi) is 5.20. The topological polar surface area (TPSA) is 61.8 Å². The molecule has 0 saturated carbocycles. The van der Waals surface area contributed by atoms with Gasteiger partial charge in [0.15, 0.2) is 0 Å². The number of ether oxygens (including phenoxy) is 1. The fourth-order valence-electron chi connectivity index (χ4n) is 2.79. The first-order valence-electron chi connectivity index (χ1n) is 7.33. The number of para-hydroxylation sites is 1. The molecule has 1 atom stereocenters. The van der Waals surface area contributed by atoms with E-state index in [1.165, 1.54) is 0 Å². The van der Waals surface area contributed by atoms with Gasteiger partial charge in [-0.1, -0.05) is 18.2 Å². The summed E-state index contributed by atoms with van der Waals surface area (Å²) in [5.74, 6) is 0.857. The van der Waals surface area contributed by atoms with Crippen molar-refractivity contribution in [2.24, 2.45) is 5.41 Å². The zero-order valence-corrected chi connectivity index (χ0v) is 12.8. The summed E-state index contributed by atoms with van der Waals surface area (Å²) in [6.07, 6.45) is 0.833. The molecule has 1 unspecified atom stereocenters. The molecule has 1 amide bonds. The number of aliphatic hydroxyl groups is 1. The van der Waals surface area contributed by atoms with Crippen molar-refractivity contribution in [1.82, 2.24) is 10.2 Å². The highest BCUT2D eigenvalue weighted by Gasteiger charge is 2.39. The lowest BCUT2D eigenvalue weighted by atomic mass is 9.88. The highest BCUT2D eigenvalue weighted by molar-refractivity contribution is 5.83. The van der Waals surface area contributed by atoms with Crippen LogP contribution in [0, 0.1) is 5.41 Å². The summed E-state index contributed by atoms with van der Waals surface area (Å²) in [7, 11) is 1.62. The normalized spacial score (nSPS) is 21.3. The minimum absolute atomic E-state index is 0.0373. The van der Waals surface area contributed by atoms with Gasteiger partial charge in [0, 0.05) is 25.2 Å². The van der Waals surface area contributed by atoms with Crippen LogP contribution in [0.2, 0.25) is 0 Å². The zero-order valence-electron chi connectivity index (χ0n) is 12.8. The second-order valence-corrected chi connectivity index (χ2v) is 5.75. The Morgan fingerprint density at radius 3 is 2.86 bits per heavy atom. The smallest absolute Gasteiger partial charge is 0.230 e. The van der Waals surface area contributed by atoms with E-state index in [-0.39, 0.29) is 17.9 Å². The van der Waals surface area contributed by atoms with Crippen LogP contribution in [0.15, 0.2) is 24.3 Å². The number of methoxy groups -OCH3 is 1. The van der Waals surface area contributed by atoms with Crippen molar-refractivity contribution in [3.8, 4) is 5.75 Å². The van der Waals surface area contributed by atoms with E-state index in [0.717, 1.165) is 24.3 Å². The number of carbonyl (C=O) groups excluding carboxylic acids is 1. The maximum atomic E-state index is 12.8. The third-order valence-electron chi connectivity index (χ3n) is 4.10. The van der Waals surface area contributed by atoms with E-state index in [9.17, 15) is 9.90 Å².